The monoisotopic (exact) mass is 264 g/mol. The van der Waals surface area contributed by atoms with Crippen LogP contribution in [0.25, 0.3) is 0 Å². The maximum atomic E-state index is 13.1. The normalized spacial score (nSPS) is 30.3. The van der Waals surface area contributed by atoms with Gasteiger partial charge < -0.3 is 14.6 Å². The summed E-state index contributed by atoms with van der Waals surface area (Å²) in [5, 5.41) is 10.1. The molecule has 0 aliphatic carbocycles. The molecule has 1 N–H and O–H groups in total. The Morgan fingerprint density at radius 3 is 2.33 bits per heavy atom. The number of rotatable bonds is 4. The largest absolute Gasteiger partial charge is 0.381 e. The summed E-state index contributed by atoms with van der Waals surface area (Å²) in [4.78, 5) is 0. The Hall–Kier alpha value is -0.520. The molecule has 0 unspecified atom stereocenters. The van der Waals surface area contributed by atoms with E-state index in [-0.39, 0.29) is 6.42 Å². The minimum absolute atomic E-state index is 0.0954. The van der Waals surface area contributed by atoms with Crippen molar-refractivity contribution in [2.75, 3.05) is 0 Å². The number of hydrogen-bond acceptors (Lipinski definition) is 3. The van der Waals surface area contributed by atoms with Crippen LogP contribution in [-0.4, -0.2) is 35.1 Å². The van der Waals surface area contributed by atoms with Crippen LogP contribution in [0.2, 0.25) is 0 Å². The minimum Gasteiger partial charge on any atom is -0.381 e. The van der Waals surface area contributed by atoms with Crippen LogP contribution in [-0.2, 0) is 9.47 Å². The van der Waals surface area contributed by atoms with Gasteiger partial charge in [0.25, 0.3) is 6.43 Å². The van der Waals surface area contributed by atoms with Crippen molar-refractivity contribution in [1.29, 1.82) is 0 Å². The quantitative estimate of drug-likeness (QED) is 0.793. The van der Waals surface area contributed by atoms with Crippen LogP contribution in [0.5, 0.6) is 0 Å². The number of allylic oxidation sites excluding steroid dienone is 1. The zero-order chi connectivity index (χ0) is 14.1. The fourth-order valence-corrected chi connectivity index (χ4v) is 2.11. The maximum absolute atomic E-state index is 13.1. The Morgan fingerprint density at radius 1 is 1.39 bits per heavy atom. The van der Waals surface area contributed by atoms with E-state index in [1.807, 2.05) is 13.8 Å². The molecule has 0 spiro atoms. The molecule has 3 atom stereocenters. The summed E-state index contributed by atoms with van der Waals surface area (Å²) in [5.41, 5.74) is -1.26. The van der Waals surface area contributed by atoms with Gasteiger partial charge in [-0.25, -0.2) is 8.78 Å². The fourth-order valence-electron chi connectivity index (χ4n) is 2.11. The molecule has 5 heteroatoms. The number of alkyl halides is 2. The molecule has 1 saturated heterocycles. The molecule has 1 rings (SSSR count). The van der Waals surface area contributed by atoms with E-state index in [1.54, 1.807) is 19.9 Å². The Morgan fingerprint density at radius 2 is 1.94 bits per heavy atom. The van der Waals surface area contributed by atoms with Crippen molar-refractivity contribution in [3.8, 4) is 0 Å². The molecule has 1 aliphatic heterocycles. The lowest BCUT2D eigenvalue weighted by Gasteiger charge is -2.33. The lowest BCUT2D eigenvalue weighted by molar-refractivity contribution is -0.202. The molecule has 3 nitrogen and oxygen atoms in total. The van der Waals surface area contributed by atoms with Crippen molar-refractivity contribution < 1.29 is 23.4 Å². The highest BCUT2D eigenvalue weighted by atomic mass is 19.3. The third kappa shape index (κ3) is 3.08. The highest BCUT2D eigenvalue weighted by Gasteiger charge is 2.55. The van der Waals surface area contributed by atoms with Crippen molar-refractivity contribution in [2.24, 2.45) is 0 Å². The second-order valence-corrected chi connectivity index (χ2v) is 5.41. The molecule has 1 fully saturated rings. The number of ether oxygens (including phenoxy) is 2. The fraction of sp³-hybridized carbons (Fsp3) is 0.846. The minimum atomic E-state index is -2.88. The Labute approximate surface area is 107 Å². The van der Waals surface area contributed by atoms with Crippen molar-refractivity contribution in [1.82, 2.24) is 0 Å². The molecule has 0 bridgehead atoms. The van der Waals surface area contributed by atoms with Gasteiger partial charge in [0.1, 0.15) is 12.2 Å². The van der Waals surface area contributed by atoms with Crippen molar-refractivity contribution in [3.63, 3.8) is 0 Å². The average Bonchev–Trinajstić information content (AvgIpc) is 2.51. The second kappa shape index (κ2) is 5.23. The third-order valence-electron chi connectivity index (χ3n) is 3.06. The van der Waals surface area contributed by atoms with Gasteiger partial charge in [-0.15, -0.1) is 0 Å². The van der Waals surface area contributed by atoms with Gasteiger partial charge in [0.2, 0.25) is 0 Å². The second-order valence-electron chi connectivity index (χ2n) is 5.41. The highest BCUT2D eigenvalue weighted by Crippen LogP contribution is 2.39. The Bertz CT molecular complexity index is 324. The first-order valence-corrected chi connectivity index (χ1v) is 6.13. The van der Waals surface area contributed by atoms with E-state index < -0.39 is 30.0 Å². The molecule has 106 valence electrons. The van der Waals surface area contributed by atoms with Gasteiger partial charge in [0, 0.05) is 0 Å². The molecular formula is C13H22F2O3. The van der Waals surface area contributed by atoms with Crippen molar-refractivity contribution in [2.45, 2.75) is 71.1 Å². The first kappa shape index (κ1) is 15.5. The first-order valence-electron chi connectivity index (χ1n) is 6.13. The van der Waals surface area contributed by atoms with E-state index in [1.165, 1.54) is 6.92 Å². The summed E-state index contributed by atoms with van der Waals surface area (Å²) >= 11 is 0. The lowest BCUT2D eigenvalue weighted by Crippen LogP contribution is -2.52. The number of halogens is 2. The molecule has 0 aromatic carbocycles. The summed E-state index contributed by atoms with van der Waals surface area (Å²) in [5.74, 6) is -0.973. The first-order chi connectivity index (χ1) is 8.12. The number of hydrogen-bond donors (Lipinski definition) is 1. The summed E-state index contributed by atoms with van der Waals surface area (Å²) in [6, 6.07) is 0. The van der Waals surface area contributed by atoms with Gasteiger partial charge in [-0.3, -0.25) is 0 Å². The molecule has 0 aromatic rings. The van der Waals surface area contributed by atoms with Crippen LogP contribution >= 0.6 is 0 Å². The topological polar surface area (TPSA) is 38.7 Å². The Balaban J connectivity index is 3.07. The van der Waals surface area contributed by atoms with Gasteiger partial charge in [0.15, 0.2) is 11.4 Å². The third-order valence-corrected chi connectivity index (χ3v) is 3.06. The lowest BCUT2D eigenvalue weighted by atomic mass is 9.89. The smallest absolute Gasteiger partial charge is 0.269 e. The molecule has 1 heterocycles. The van der Waals surface area contributed by atoms with Gasteiger partial charge >= 0.3 is 0 Å². The number of aliphatic hydroxyl groups is 1. The predicted octanol–water partition coefficient (Wildman–Crippen LogP) is 2.88. The summed E-state index contributed by atoms with van der Waals surface area (Å²) in [6.45, 7) is 8.51. The predicted molar refractivity (Wildman–Crippen MR) is 64.5 cm³/mol. The summed E-state index contributed by atoms with van der Waals surface area (Å²) < 4.78 is 37.2. The zero-order valence-corrected chi connectivity index (χ0v) is 11.5. The molecule has 0 saturated carbocycles. The molecule has 0 radical (unpaired) electrons. The van der Waals surface area contributed by atoms with Crippen LogP contribution in [0, 0.1) is 0 Å². The van der Waals surface area contributed by atoms with Crippen LogP contribution in [0.1, 0.15) is 41.0 Å². The molecule has 0 amide bonds. The maximum Gasteiger partial charge on any atom is 0.269 e. The highest BCUT2D eigenvalue weighted by molar-refractivity contribution is 5.09. The summed E-state index contributed by atoms with van der Waals surface area (Å²) in [6.07, 6.45) is -2.99. The van der Waals surface area contributed by atoms with E-state index in [9.17, 15) is 13.9 Å². The Kier molecular flexibility index (Phi) is 4.51. The zero-order valence-electron chi connectivity index (χ0n) is 11.5. The van der Waals surface area contributed by atoms with Gasteiger partial charge in [-0.2, -0.15) is 0 Å². The molecule has 18 heavy (non-hydrogen) atoms. The SMILES string of the molecule is CC[C@](O)(C(F)F)[C@H]1OC(C)(C)O[C@H]1C=C(C)C. The van der Waals surface area contributed by atoms with Crippen LogP contribution in [0.3, 0.4) is 0 Å². The molecular weight excluding hydrogens is 242 g/mol. The van der Waals surface area contributed by atoms with Gasteiger partial charge in [-0.1, -0.05) is 18.6 Å². The van der Waals surface area contributed by atoms with Crippen LogP contribution < -0.4 is 0 Å². The standard InChI is InChI=1S/C13H22F2O3/c1-6-13(16,11(14)15)10-9(7-8(2)3)17-12(4,5)18-10/h7,9-11,16H,6H2,1-5H3/t9-,10-,13+/m0/s1. The molecule has 0 aromatic heterocycles. The van der Waals surface area contributed by atoms with Gasteiger partial charge in [0.05, 0.1) is 0 Å². The van der Waals surface area contributed by atoms with E-state index in [0.29, 0.717) is 0 Å². The van der Waals surface area contributed by atoms with Crippen molar-refractivity contribution in [3.05, 3.63) is 11.6 Å². The van der Waals surface area contributed by atoms with Crippen LogP contribution in [0.15, 0.2) is 11.6 Å². The van der Waals surface area contributed by atoms with E-state index in [2.05, 4.69) is 0 Å². The van der Waals surface area contributed by atoms with E-state index >= 15 is 0 Å². The average molecular weight is 264 g/mol. The van der Waals surface area contributed by atoms with Gasteiger partial charge in [-0.05, 0) is 34.1 Å². The van der Waals surface area contributed by atoms with Crippen LogP contribution in [0.4, 0.5) is 8.78 Å². The van der Waals surface area contributed by atoms with E-state index in [4.69, 9.17) is 9.47 Å². The van der Waals surface area contributed by atoms with Crippen molar-refractivity contribution >= 4 is 0 Å². The molecule has 1 aliphatic rings. The van der Waals surface area contributed by atoms with E-state index in [0.717, 1.165) is 5.57 Å². The summed E-state index contributed by atoms with van der Waals surface area (Å²) in [7, 11) is 0.